The molecule has 0 bridgehead atoms. The van der Waals surface area contributed by atoms with Crippen molar-refractivity contribution in [1.29, 1.82) is 0 Å². The number of ether oxygens (including phenoxy) is 1. The molecule has 6 heteroatoms. The summed E-state index contributed by atoms with van der Waals surface area (Å²) >= 11 is 0. The van der Waals surface area contributed by atoms with Crippen molar-refractivity contribution >= 4 is 5.97 Å². The highest BCUT2D eigenvalue weighted by atomic mass is 19.1. The molecule has 100 valence electrons. The van der Waals surface area contributed by atoms with Crippen LogP contribution in [0, 0.1) is 12.7 Å². The first kappa shape index (κ1) is 13.1. The van der Waals surface area contributed by atoms with Gasteiger partial charge >= 0.3 is 5.97 Å². The molecule has 0 spiro atoms. The van der Waals surface area contributed by atoms with Gasteiger partial charge in [-0.3, -0.25) is 0 Å². The molecule has 1 aromatic heterocycles. The van der Waals surface area contributed by atoms with Gasteiger partial charge in [-0.15, -0.1) is 0 Å². The molecule has 0 aliphatic heterocycles. The van der Waals surface area contributed by atoms with Crippen molar-refractivity contribution in [3.05, 3.63) is 47.1 Å². The Bertz CT molecular complexity index is 608. The van der Waals surface area contributed by atoms with Crippen molar-refractivity contribution in [3.63, 3.8) is 0 Å². The maximum atomic E-state index is 13.5. The van der Waals surface area contributed by atoms with Crippen LogP contribution in [0.4, 0.5) is 4.39 Å². The van der Waals surface area contributed by atoms with Gasteiger partial charge in [0.25, 0.3) is 0 Å². The monoisotopic (exact) mass is 265 g/mol. The molecule has 1 aromatic carbocycles. The number of carboxylic acid groups (broad SMARTS) is 1. The van der Waals surface area contributed by atoms with Crippen molar-refractivity contribution in [1.82, 2.24) is 5.16 Å². The zero-order chi connectivity index (χ0) is 14.0. The molecule has 2 aromatic rings. The maximum absolute atomic E-state index is 13.5. The van der Waals surface area contributed by atoms with Gasteiger partial charge in [-0.2, -0.15) is 0 Å². The Balaban J connectivity index is 2.28. The smallest absolute Gasteiger partial charge is 0.342 e. The van der Waals surface area contributed by atoms with E-state index < -0.39 is 23.5 Å². The first-order valence-corrected chi connectivity index (χ1v) is 5.60. The van der Waals surface area contributed by atoms with Crippen LogP contribution in [0.3, 0.4) is 0 Å². The molecular formula is C13H12FNO4. The average molecular weight is 265 g/mol. The van der Waals surface area contributed by atoms with E-state index in [1.165, 1.54) is 12.1 Å². The Labute approximate surface area is 108 Å². The molecule has 1 atom stereocenters. The van der Waals surface area contributed by atoms with E-state index in [0.717, 1.165) is 6.07 Å². The van der Waals surface area contributed by atoms with Gasteiger partial charge in [0.1, 0.15) is 17.1 Å². The number of benzene rings is 1. The summed E-state index contributed by atoms with van der Waals surface area (Å²) in [5.74, 6) is -1.83. The van der Waals surface area contributed by atoms with Crippen molar-refractivity contribution in [3.8, 4) is 5.75 Å². The first-order valence-electron chi connectivity index (χ1n) is 5.60. The molecule has 1 N–H and O–H groups in total. The zero-order valence-electron chi connectivity index (χ0n) is 10.4. The lowest BCUT2D eigenvalue weighted by Gasteiger charge is -2.13. The number of aromatic nitrogens is 1. The van der Waals surface area contributed by atoms with Crippen LogP contribution in [0.25, 0.3) is 0 Å². The number of carbonyl (C=O) groups is 1. The first-order chi connectivity index (χ1) is 8.99. The largest absolute Gasteiger partial charge is 0.482 e. The van der Waals surface area contributed by atoms with E-state index in [-0.39, 0.29) is 5.75 Å². The third kappa shape index (κ3) is 2.73. The lowest BCUT2D eigenvalue weighted by Crippen LogP contribution is -2.08. The quantitative estimate of drug-likeness (QED) is 0.920. The minimum atomic E-state index is -1.38. The molecule has 0 fully saturated rings. The molecule has 0 aliphatic rings. The van der Waals surface area contributed by atoms with Crippen molar-refractivity contribution in [2.24, 2.45) is 0 Å². The third-order valence-corrected chi connectivity index (χ3v) is 2.54. The van der Waals surface area contributed by atoms with E-state index in [1.807, 2.05) is 0 Å². The van der Waals surface area contributed by atoms with Gasteiger partial charge in [-0.05, 0) is 26.0 Å². The fourth-order valence-corrected chi connectivity index (χ4v) is 1.63. The Kier molecular flexibility index (Phi) is 3.50. The normalized spacial score (nSPS) is 12.2. The predicted octanol–water partition coefficient (Wildman–Crippen LogP) is 2.96. The Morgan fingerprint density at radius 1 is 1.53 bits per heavy atom. The van der Waals surface area contributed by atoms with E-state index in [0.29, 0.717) is 11.5 Å². The average Bonchev–Trinajstić information content (AvgIpc) is 2.75. The Morgan fingerprint density at radius 3 is 2.84 bits per heavy atom. The second-order valence-electron chi connectivity index (χ2n) is 4.05. The molecule has 0 saturated heterocycles. The summed E-state index contributed by atoms with van der Waals surface area (Å²) in [6.07, 6.45) is -0.568. The number of aromatic carboxylic acids is 1. The zero-order valence-corrected chi connectivity index (χ0v) is 10.4. The van der Waals surface area contributed by atoms with Crippen LogP contribution in [-0.2, 0) is 0 Å². The van der Waals surface area contributed by atoms with E-state index in [4.69, 9.17) is 14.4 Å². The van der Waals surface area contributed by atoms with Gasteiger partial charge in [-0.25, -0.2) is 9.18 Å². The molecule has 19 heavy (non-hydrogen) atoms. The molecule has 0 amide bonds. The minimum Gasteiger partial charge on any atom is -0.482 e. The fraction of sp³-hybridized carbons (Fsp3) is 0.231. The molecule has 0 radical (unpaired) electrons. The molecule has 5 nitrogen and oxygen atoms in total. The van der Waals surface area contributed by atoms with E-state index in [9.17, 15) is 9.18 Å². The summed E-state index contributed by atoms with van der Waals surface area (Å²) in [5.41, 5.74) is 0.189. The van der Waals surface area contributed by atoms with Crippen LogP contribution in [-0.4, -0.2) is 16.2 Å². The van der Waals surface area contributed by atoms with Crippen molar-refractivity contribution in [2.75, 3.05) is 0 Å². The maximum Gasteiger partial charge on any atom is 0.342 e. The Hall–Kier alpha value is -2.37. The number of carboxylic acids is 1. The highest BCUT2D eigenvalue weighted by Crippen LogP contribution is 2.27. The number of halogens is 1. The highest BCUT2D eigenvalue weighted by Gasteiger charge is 2.20. The summed E-state index contributed by atoms with van der Waals surface area (Å²) in [4.78, 5) is 11.0. The van der Waals surface area contributed by atoms with Crippen LogP contribution in [0.15, 0.2) is 28.8 Å². The second-order valence-corrected chi connectivity index (χ2v) is 4.05. The molecule has 1 unspecified atom stereocenters. The molecule has 0 saturated carbocycles. The molecule has 1 heterocycles. The second kappa shape index (κ2) is 5.09. The summed E-state index contributed by atoms with van der Waals surface area (Å²) in [6.45, 7) is 3.42. The number of aryl methyl sites for hydroxylation is 1. The number of nitrogens with zero attached hydrogens (tertiary/aromatic N) is 1. The van der Waals surface area contributed by atoms with E-state index >= 15 is 0 Å². The predicted molar refractivity (Wildman–Crippen MR) is 63.6 cm³/mol. The number of rotatable bonds is 4. The van der Waals surface area contributed by atoms with Crippen LogP contribution >= 0.6 is 0 Å². The topological polar surface area (TPSA) is 72.6 Å². The van der Waals surface area contributed by atoms with Gasteiger partial charge in [0.15, 0.2) is 11.9 Å². The molecular weight excluding hydrogens is 253 g/mol. The van der Waals surface area contributed by atoms with Gasteiger partial charge in [0.2, 0.25) is 0 Å². The fourth-order valence-electron chi connectivity index (χ4n) is 1.63. The summed E-state index contributed by atoms with van der Waals surface area (Å²) in [7, 11) is 0. The summed E-state index contributed by atoms with van der Waals surface area (Å²) in [6, 6.07) is 5.52. The van der Waals surface area contributed by atoms with Crippen LogP contribution in [0.1, 0.15) is 34.8 Å². The van der Waals surface area contributed by atoms with Crippen LogP contribution < -0.4 is 4.74 Å². The minimum absolute atomic E-state index is 0.0472. The molecule has 2 rings (SSSR count). The van der Waals surface area contributed by atoms with E-state index in [2.05, 4.69) is 5.16 Å². The number of hydrogen-bond acceptors (Lipinski definition) is 4. The van der Waals surface area contributed by atoms with Crippen molar-refractivity contribution in [2.45, 2.75) is 20.0 Å². The van der Waals surface area contributed by atoms with Crippen LogP contribution in [0.2, 0.25) is 0 Å². The summed E-state index contributed by atoms with van der Waals surface area (Å²) in [5, 5.41) is 12.7. The number of hydrogen-bond donors (Lipinski definition) is 1. The standard InChI is InChI=1S/C13H12FNO4/c1-7-6-11(19-15-7)8(2)18-10-5-3-4-9(14)12(10)13(16)17/h3-6,8H,1-2H3,(H,16,17). The van der Waals surface area contributed by atoms with Gasteiger partial charge in [0.05, 0.1) is 5.69 Å². The summed E-state index contributed by atoms with van der Waals surface area (Å²) < 4.78 is 23.9. The van der Waals surface area contributed by atoms with Gasteiger partial charge < -0.3 is 14.4 Å². The lowest BCUT2D eigenvalue weighted by molar-refractivity contribution is 0.0682. The van der Waals surface area contributed by atoms with Crippen LogP contribution in [0.5, 0.6) is 5.75 Å². The third-order valence-electron chi connectivity index (χ3n) is 2.54. The highest BCUT2D eigenvalue weighted by molar-refractivity contribution is 5.91. The van der Waals surface area contributed by atoms with Gasteiger partial charge in [-0.1, -0.05) is 11.2 Å². The molecule has 0 aliphatic carbocycles. The Morgan fingerprint density at radius 2 is 2.26 bits per heavy atom. The van der Waals surface area contributed by atoms with Gasteiger partial charge in [0, 0.05) is 6.07 Å². The SMILES string of the molecule is Cc1cc(C(C)Oc2cccc(F)c2C(=O)O)on1. The van der Waals surface area contributed by atoms with Crippen molar-refractivity contribution < 1.29 is 23.6 Å². The lowest BCUT2D eigenvalue weighted by atomic mass is 10.2. The van der Waals surface area contributed by atoms with E-state index in [1.54, 1.807) is 19.9 Å².